The second-order valence-electron chi connectivity index (χ2n) is 10.9. The number of unbranched alkanes of at least 4 members (excludes halogenated alkanes) is 2. The molecule has 1 atom stereocenters. The molecule has 2 aliphatic rings. The van der Waals surface area contributed by atoms with Crippen molar-refractivity contribution in [2.45, 2.75) is 70.9 Å². The van der Waals surface area contributed by atoms with Crippen LogP contribution >= 0.6 is 0 Å². The lowest BCUT2D eigenvalue weighted by molar-refractivity contribution is -0.150. The number of aryl methyl sites for hydroxylation is 2. The van der Waals surface area contributed by atoms with Crippen molar-refractivity contribution in [1.82, 2.24) is 9.88 Å². The van der Waals surface area contributed by atoms with Gasteiger partial charge in [0.1, 0.15) is 11.9 Å². The first-order chi connectivity index (χ1) is 18.5. The summed E-state index contributed by atoms with van der Waals surface area (Å²) in [5, 5.41) is 24.7. The Hall–Kier alpha value is -2.97. The van der Waals surface area contributed by atoms with Crippen molar-refractivity contribution in [2.75, 3.05) is 43.4 Å². The number of para-hydroxylation sites is 1. The van der Waals surface area contributed by atoms with Crippen molar-refractivity contribution in [2.24, 2.45) is 5.92 Å². The predicted molar refractivity (Wildman–Crippen MR) is 153 cm³/mol. The molecule has 0 aliphatic carbocycles. The van der Waals surface area contributed by atoms with E-state index in [0.29, 0.717) is 36.7 Å². The molecular formula is C30H43N5O3. The molecule has 8 nitrogen and oxygen atoms in total. The summed E-state index contributed by atoms with van der Waals surface area (Å²) in [6.07, 6.45) is 8.77. The first kappa shape index (κ1) is 28.0. The predicted octanol–water partition coefficient (Wildman–Crippen LogP) is 5.13. The minimum absolute atomic E-state index is 0.0634. The van der Waals surface area contributed by atoms with Gasteiger partial charge in [-0.3, -0.25) is 9.69 Å². The van der Waals surface area contributed by atoms with Crippen LogP contribution in [0, 0.1) is 11.3 Å². The molecule has 4 N–H and O–H groups in total. The Bertz CT molecular complexity index is 1080. The van der Waals surface area contributed by atoms with Crippen LogP contribution in [0.3, 0.4) is 0 Å². The van der Waals surface area contributed by atoms with Gasteiger partial charge in [-0.15, -0.1) is 0 Å². The Kier molecular flexibility index (Phi) is 10.1. The van der Waals surface area contributed by atoms with E-state index in [0.717, 1.165) is 68.8 Å². The number of nitrogens with zero attached hydrogens (tertiary/aromatic N) is 2. The molecule has 1 aromatic heterocycles. The molecule has 2 aromatic rings. The average molecular weight is 522 g/mol. The Labute approximate surface area is 226 Å². The molecule has 38 heavy (non-hydrogen) atoms. The van der Waals surface area contributed by atoms with Crippen LogP contribution in [-0.4, -0.2) is 66.1 Å². The summed E-state index contributed by atoms with van der Waals surface area (Å²) in [4.78, 5) is 19.1. The number of likely N-dealkylation sites (tertiary alicyclic amines) is 1. The van der Waals surface area contributed by atoms with Gasteiger partial charge >= 0.3 is 5.97 Å². The molecule has 1 aromatic carbocycles. The van der Waals surface area contributed by atoms with Gasteiger partial charge in [0.15, 0.2) is 0 Å². The van der Waals surface area contributed by atoms with Crippen LogP contribution in [0.15, 0.2) is 30.3 Å². The summed E-state index contributed by atoms with van der Waals surface area (Å²) in [5.41, 5.74) is 4.66. The number of nitrogens with one attached hydrogen (secondary N) is 3. The lowest BCUT2D eigenvalue weighted by atomic mass is 9.96. The highest BCUT2D eigenvalue weighted by atomic mass is 16.5. The molecule has 0 bridgehead atoms. The molecular weight excluding hydrogens is 478 g/mol. The molecule has 206 valence electrons. The number of pyridine rings is 1. The Morgan fingerprint density at radius 3 is 2.87 bits per heavy atom. The fourth-order valence-electron chi connectivity index (χ4n) is 5.24. The zero-order valence-electron chi connectivity index (χ0n) is 22.8. The summed E-state index contributed by atoms with van der Waals surface area (Å²) in [6.45, 7) is 7.98. The van der Waals surface area contributed by atoms with E-state index in [2.05, 4.69) is 36.6 Å². The van der Waals surface area contributed by atoms with Gasteiger partial charge in [0.2, 0.25) is 0 Å². The molecule has 0 saturated carbocycles. The smallest absolute Gasteiger partial charge is 0.325 e. The fourth-order valence-corrected chi connectivity index (χ4v) is 5.24. The maximum absolute atomic E-state index is 12.3. The van der Waals surface area contributed by atoms with Crippen molar-refractivity contribution in [3.63, 3.8) is 0 Å². The molecule has 1 unspecified atom stereocenters. The highest BCUT2D eigenvalue weighted by Gasteiger charge is 2.39. The standard InChI is InChI=1S/C30H43N5O3/c1-21(2)14-16-32-27-23(18-31)8-6-11-26(27)28(30(36)37)35-19-25(20-35)38-17-5-3-4-10-24-13-12-22-9-7-15-33-29(22)34-24/h6,8,11-13,18,21,25,28,31-32H,3-5,7,9-10,14-17,19-20H2,1-2H3,(H,33,34)(H,36,37). The van der Waals surface area contributed by atoms with Gasteiger partial charge in [0, 0.05) is 61.5 Å². The maximum atomic E-state index is 12.3. The van der Waals surface area contributed by atoms with Gasteiger partial charge in [-0.25, -0.2) is 4.98 Å². The van der Waals surface area contributed by atoms with Crippen LogP contribution in [0.5, 0.6) is 0 Å². The molecule has 3 heterocycles. The lowest BCUT2D eigenvalue weighted by Gasteiger charge is -2.43. The molecule has 2 aliphatic heterocycles. The zero-order chi connectivity index (χ0) is 26.9. The number of benzene rings is 1. The topological polar surface area (TPSA) is 111 Å². The number of ether oxygens (including phenoxy) is 1. The number of aliphatic carboxylic acids is 1. The SMILES string of the molecule is CC(C)CCNc1c(C=N)cccc1C(C(=O)O)N1CC(OCCCCCc2ccc3c(n2)NCCC3)C1. The van der Waals surface area contributed by atoms with E-state index >= 15 is 0 Å². The number of carboxylic acid groups (broad SMARTS) is 1. The highest BCUT2D eigenvalue weighted by molar-refractivity contribution is 5.89. The Morgan fingerprint density at radius 1 is 1.26 bits per heavy atom. The molecule has 0 spiro atoms. The zero-order valence-corrected chi connectivity index (χ0v) is 22.8. The van der Waals surface area contributed by atoms with Crippen LogP contribution in [0.25, 0.3) is 0 Å². The number of fused-ring (bicyclic) bond motifs is 1. The third kappa shape index (κ3) is 7.32. The molecule has 8 heteroatoms. The fraction of sp³-hybridized carbons (Fsp3) is 0.567. The number of aromatic nitrogens is 1. The largest absolute Gasteiger partial charge is 0.480 e. The second-order valence-corrected chi connectivity index (χ2v) is 10.9. The Balaban J connectivity index is 1.21. The Morgan fingerprint density at radius 2 is 2.11 bits per heavy atom. The van der Waals surface area contributed by atoms with Gasteiger partial charge in [0.25, 0.3) is 0 Å². The molecule has 0 amide bonds. The van der Waals surface area contributed by atoms with Gasteiger partial charge in [-0.2, -0.15) is 0 Å². The highest BCUT2D eigenvalue weighted by Crippen LogP contribution is 2.34. The minimum atomic E-state index is -0.872. The van der Waals surface area contributed by atoms with E-state index < -0.39 is 12.0 Å². The van der Waals surface area contributed by atoms with Crippen LogP contribution in [0.4, 0.5) is 11.5 Å². The summed E-state index contributed by atoms with van der Waals surface area (Å²) in [6, 6.07) is 9.18. The van der Waals surface area contributed by atoms with Crippen molar-refractivity contribution < 1.29 is 14.6 Å². The van der Waals surface area contributed by atoms with E-state index in [4.69, 9.17) is 15.1 Å². The summed E-state index contributed by atoms with van der Waals surface area (Å²) < 4.78 is 6.06. The van der Waals surface area contributed by atoms with Crippen LogP contribution < -0.4 is 10.6 Å². The first-order valence-electron chi connectivity index (χ1n) is 14.1. The van der Waals surface area contributed by atoms with Crippen molar-refractivity contribution in [1.29, 1.82) is 5.41 Å². The number of anilines is 2. The van der Waals surface area contributed by atoms with Gasteiger partial charge in [0.05, 0.1) is 6.10 Å². The maximum Gasteiger partial charge on any atom is 0.325 e. The summed E-state index contributed by atoms with van der Waals surface area (Å²) >= 11 is 0. The van der Waals surface area contributed by atoms with Gasteiger partial charge in [-0.05, 0) is 56.1 Å². The quantitative estimate of drug-likeness (QED) is 0.190. The van der Waals surface area contributed by atoms with Crippen LogP contribution in [0.2, 0.25) is 0 Å². The van der Waals surface area contributed by atoms with Crippen molar-refractivity contribution >= 4 is 23.7 Å². The van der Waals surface area contributed by atoms with Crippen LogP contribution in [0.1, 0.15) is 74.4 Å². The second kappa shape index (κ2) is 13.7. The molecule has 1 fully saturated rings. The molecule has 0 radical (unpaired) electrons. The van der Waals surface area contributed by atoms with E-state index in [1.807, 2.05) is 23.1 Å². The number of hydrogen-bond acceptors (Lipinski definition) is 7. The normalized spacial score (nSPS) is 16.4. The summed E-state index contributed by atoms with van der Waals surface area (Å²) in [5.74, 6) is 0.733. The van der Waals surface area contributed by atoms with E-state index in [9.17, 15) is 9.90 Å². The number of carbonyl (C=O) groups is 1. The van der Waals surface area contributed by atoms with E-state index in [-0.39, 0.29) is 6.10 Å². The van der Waals surface area contributed by atoms with Crippen molar-refractivity contribution in [3.8, 4) is 0 Å². The van der Waals surface area contributed by atoms with Gasteiger partial charge in [-0.1, -0.05) is 44.5 Å². The molecule has 1 saturated heterocycles. The number of rotatable bonds is 15. The summed E-state index contributed by atoms with van der Waals surface area (Å²) in [7, 11) is 0. The van der Waals surface area contributed by atoms with Crippen LogP contribution in [-0.2, 0) is 22.4 Å². The monoisotopic (exact) mass is 521 g/mol. The van der Waals surface area contributed by atoms with E-state index in [1.54, 1.807) is 0 Å². The molecule has 4 rings (SSSR count). The average Bonchev–Trinajstić information content (AvgIpc) is 2.88. The number of hydrogen-bond donors (Lipinski definition) is 4. The van der Waals surface area contributed by atoms with Crippen molar-refractivity contribution in [3.05, 3.63) is 52.7 Å². The first-order valence-corrected chi connectivity index (χ1v) is 14.1. The third-order valence-electron chi connectivity index (χ3n) is 7.46. The van der Waals surface area contributed by atoms with Gasteiger partial charge < -0.3 is 25.9 Å². The lowest BCUT2D eigenvalue weighted by Crippen LogP contribution is -2.55. The number of carboxylic acids is 1. The third-order valence-corrected chi connectivity index (χ3v) is 7.46. The minimum Gasteiger partial charge on any atom is -0.480 e. The van der Waals surface area contributed by atoms with E-state index in [1.165, 1.54) is 18.2 Å².